The number of rotatable bonds is 7. The zero-order valence-electron chi connectivity index (χ0n) is 20.1. The van der Waals surface area contributed by atoms with Gasteiger partial charge in [-0.2, -0.15) is 5.26 Å². The number of aromatic nitrogens is 1. The van der Waals surface area contributed by atoms with E-state index in [1.165, 1.54) is 0 Å². The number of carbonyl (C=O) groups is 1. The van der Waals surface area contributed by atoms with Crippen LogP contribution in [0.5, 0.6) is 5.75 Å². The van der Waals surface area contributed by atoms with Gasteiger partial charge in [0.1, 0.15) is 24.0 Å². The van der Waals surface area contributed by atoms with Crippen LogP contribution in [0.2, 0.25) is 15.1 Å². The molecule has 0 saturated heterocycles. The number of hydrogen-bond donors (Lipinski definition) is 1. The number of carbonyl (C=O) groups excluding carboxylic acids is 1. The molecule has 5 nitrogen and oxygen atoms in total. The first kappa shape index (κ1) is 26.4. The average molecular weight is 551 g/mol. The van der Waals surface area contributed by atoms with Crippen molar-refractivity contribution in [3.8, 4) is 17.5 Å². The lowest BCUT2D eigenvalue weighted by Gasteiger charge is -2.12. The second-order valence-corrected chi connectivity index (χ2v) is 9.52. The van der Waals surface area contributed by atoms with Crippen molar-refractivity contribution in [3.63, 3.8) is 0 Å². The third-order valence-electron chi connectivity index (χ3n) is 5.75. The maximum absolute atomic E-state index is 12.8. The molecule has 37 heavy (non-hydrogen) atoms. The second-order valence-electron chi connectivity index (χ2n) is 8.30. The smallest absolute Gasteiger partial charge is 0.266 e. The third kappa shape index (κ3) is 6.18. The predicted molar refractivity (Wildman–Crippen MR) is 150 cm³/mol. The van der Waals surface area contributed by atoms with Gasteiger partial charge in [0.15, 0.2) is 0 Å². The molecule has 3 aromatic carbocycles. The average Bonchev–Trinajstić information content (AvgIpc) is 3.17. The largest absolute Gasteiger partial charge is 0.489 e. The number of anilines is 1. The summed E-state index contributed by atoms with van der Waals surface area (Å²) in [6.07, 6.45) is 1.57. The number of nitrogens with zero attached hydrogens (tertiary/aromatic N) is 2. The van der Waals surface area contributed by atoms with Crippen LogP contribution in [0.1, 0.15) is 22.5 Å². The number of ether oxygens (including phenoxy) is 1. The van der Waals surface area contributed by atoms with Gasteiger partial charge < -0.3 is 14.6 Å². The maximum atomic E-state index is 12.8. The molecule has 1 aromatic heterocycles. The van der Waals surface area contributed by atoms with Crippen LogP contribution in [0, 0.1) is 25.2 Å². The number of aryl methyl sites for hydroxylation is 1. The molecule has 1 amide bonds. The Labute approximate surface area is 230 Å². The lowest BCUT2D eigenvalue weighted by Crippen LogP contribution is -2.13. The number of benzene rings is 3. The Bertz CT molecular complexity index is 1520. The van der Waals surface area contributed by atoms with Crippen LogP contribution < -0.4 is 10.1 Å². The van der Waals surface area contributed by atoms with E-state index in [-0.39, 0.29) is 10.6 Å². The molecule has 0 aliphatic heterocycles. The van der Waals surface area contributed by atoms with Gasteiger partial charge in [-0.3, -0.25) is 4.79 Å². The van der Waals surface area contributed by atoms with Gasteiger partial charge in [-0.25, -0.2) is 0 Å². The van der Waals surface area contributed by atoms with Crippen molar-refractivity contribution in [2.45, 2.75) is 20.5 Å². The van der Waals surface area contributed by atoms with E-state index in [0.717, 1.165) is 34.0 Å². The SMILES string of the molecule is Cc1cc(/C=C(/C#N)C(=O)Nc2cccc(Cl)c2Cl)c(C)n1-c1ccc(OCc2ccc(Cl)cc2)cc1. The Kier molecular flexibility index (Phi) is 8.25. The number of nitrogens with one attached hydrogen (secondary N) is 1. The molecule has 186 valence electrons. The fourth-order valence-electron chi connectivity index (χ4n) is 3.86. The molecule has 0 radical (unpaired) electrons. The summed E-state index contributed by atoms with van der Waals surface area (Å²) < 4.78 is 7.94. The van der Waals surface area contributed by atoms with Crippen LogP contribution >= 0.6 is 34.8 Å². The summed E-state index contributed by atoms with van der Waals surface area (Å²) in [6, 6.07) is 24.1. The molecule has 0 spiro atoms. The fourth-order valence-corrected chi connectivity index (χ4v) is 4.34. The number of halogens is 3. The first-order valence-corrected chi connectivity index (χ1v) is 12.4. The van der Waals surface area contributed by atoms with Gasteiger partial charge in [0.05, 0.1) is 15.7 Å². The van der Waals surface area contributed by atoms with E-state index in [2.05, 4.69) is 9.88 Å². The lowest BCUT2D eigenvalue weighted by atomic mass is 10.1. The summed E-state index contributed by atoms with van der Waals surface area (Å²) >= 11 is 18.1. The number of amides is 1. The Morgan fingerprint density at radius 2 is 1.73 bits per heavy atom. The molecule has 0 aliphatic rings. The van der Waals surface area contributed by atoms with Crippen LogP contribution in [-0.2, 0) is 11.4 Å². The van der Waals surface area contributed by atoms with Gasteiger partial charge in [-0.1, -0.05) is 53.0 Å². The molecule has 0 aliphatic carbocycles. The minimum Gasteiger partial charge on any atom is -0.489 e. The molecule has 1 heterocycles. The van der Waals surface area contributed by atoms with E-state index in [4.69, 9.17) is 39.5 Å². The molecule has 0 saturated carbocycles. The minimum absolute atomic E-state index is 0.0535. The highest BCUT2D eigenvalue weighted by atomic mass is 35.5. The van der Waals surface area contributed by atoms with E-state index >= 15 is 0 Å². The quantitative estimate of drug-likeness (QED) is 0.186. The summed E-state index contributed by atoms with van der Waals surface area (Å²) in [4.78, 5) is 12.8. The molecular weight excluding hydrogens is 529 g/mol. The number of hydrogen-bond acceptors (Lipinski definition) is 3. The molecular formula is C29H22Cl3N3O2. The van der Waals surface area contributed by atoms with Crippen LogP contribution in [-0.4, -0.2) is 10.5 Å². The lowest BCUT2D eigenvalue weighted by molar-refractivity contribution is -0.112. The van der Waals surface area contributed by atoms with Gasteiger partial charge in [0, 0.05) is 22.1 Å². The Balaban J connectivity index is 1.52. The van der Waals surface area contributed by atoms with Gasteiger partial charge in [-0.15, -0.1) is 0 Å². The molecule has 4 rings (SSSR count). The zero-order valence-corrected chi connectivity index (χ0v) is 22.3. The van der Waals surface area contributed by atoms with Gasteiger partial charge in [-0.05, 0) is 85.6 Å². The Hall–Kier alpha value is -3.69. The molecule has 8 heteroatoms. The van der Waals surface area contributed by atoms with Crippen molar-refractivity contribution < 1.29 is 9.53 Å². The number of nitriles is 1. The van der Waals surface area contributed by atoms with Crippen molar-refractivity contribution >= 4 is 52.5 Å². The van der Waals surface area contributed by atoms with Crippen LogP contribution in [0.4, 0.5) is 5.69 Å². The van der Waals surface area contributed by atoms with Gasteiger partial charge >= 0.3 is 0 Å². The van der Waals surface area contributed by atoms with Crippen molar-refractivity contribution in [3.05, 3.63) is 116 Å². The minimum atomic E-state index is -0.571. The summed E-state index contributed by atoms with van der Waals surface area (Å²) in [5.74, 6) is 0.169. The zero-order chi connectivity index (χ0) is 26.5. The summed E-state index contributed by atoms with van der Waals surface area (Å²) in [7, 11) is 0. The highest BCUT2D eigenvalue weighted by molar-refractivity contribution is 6.44. The van der Waals surface area contributed by atoms with E-state index in [1.54, 1.807) is 24.3 Å². The normalized spacial score (nSPS) is 11.2. The predicted octanol–water partition coefficient (Wildman–Crippen LogP) is 8.18. The van der Waals surface area contributed by atoms with Crippen LogP contribution in [0.3, 0.4) is 0 Å². The standard InChI is InChI=1S/C29H22Cl3N3O2/c1-18-14-21(15-22(16-33)29(36)34-27-5-3-4-26(31)28(27)32)19(2)35(18)24-10-12-25(13-11-24)37-17-20-6-8-23(30)9-7-20/h3-15H,17H2,1-2H3,(H,34,36)/b22-15-. The van der Waals surface area contributed by atoms with E-state index in [1.807, 2.05) is 74.5 Å². The van der Waals surface area contributed by atoms with Crippen molar-refractivity contribution in [1.29, 1.82) is 5.26 Å². The monoisotopic (exact) mass is 549 g/mol. The maximum Gasteiger partial charge on any atom is 0.266 e. The highest BCUT2D eigenvalue weighted by Gasteiger charge is 2.16. The highest BCUT2D eigenvalue weighted by Crippen LogP contribution is 2.30. The first-order chi connectivity index (χ1) is 17.8. The fraction of sp³-hybridized carbons (Fsp3) is 0.103. The van der Waals surface area contributed by atoms with Crippen molar-refractivity contribution in [2.75, 3.05) is 5.32 Å². The van der Waals surface area contributed by atoms with Crippen molar-refractivity contribution in [2.24, 2.45) is 0 Å². The van der Waals surface area contributed by atoms with Gasteiger partial charge in [0.25, 0.3) is 5.91 Å². The van der Waals surface area contributed by atoms with Crippen LogP contribution in [0.15, 0.2) is 78.4 Å². The second kappa shape index (κ2) is 11.6. The molecule has 1 N–H and O–H groups in total. The summed E-state index contributed by atoms with van der Waals surface area (Å²) in [6.45, 7) is 4.34. The molecule has 0 atom stereocenters. The van der Waals surface area contributed by atoms with E-state index < -0.39 is 5.91 Å². The molecule has 0 fully saturated rings. The van der Waals surface area contributed by atoms with E-state index in [0.29, 0.717) is 22.3 Å². The van der Waals surface area contributed by atoms with E-state index in [9.17, 15) is 10.1 Å². The Morgan fingerprint density at radius 1 is 1.03 bits per heavy atom. The van der Waals surface area contributed by atoms with Crippen molar-refractivity contribution in [1.82, 2.24) is 4.57 Å². The summed E-state index contributed by atoms with van der Waals surface area (Å²) in [5, 5.41) is 13.5. The molecule has 0 bridgehead atoms. The topological polar surface area (TPSA) is 67.0 Å². The first-order valence-electron chi connectivity index (χ1n) is 11.3. The van der Waals surface area contributed by atoms with Crippen LogP contribution in [0.25, 0.3) is 11.8 Å². The molecule has 0 unspecified atom stereocenters. The van der Waals surface area contributed by atoms with Gasteiger partial charge in [0.2, 0.25) is 0 Å². The third-order valence-corrected chi connectivity index (χ3v) is 6.82. The summed E-state index contributed by atoms with van der Waals surface area (Å²) in [5.41, 5.74) is 4.83. The molecule has 4 aromatic rings. The Morgan fingerprint density at radius 3 is 2.41 bits per heavy atom.